The van der Waals surface area contributed by atoms with E-state index in [2.05, 4.69) is 25.7 Å². The van der Waals surface area contributed by atoms with E-state index in [1.165, 1.54) is 70.6 Å². The number of carbonyl (C=O) groups is 1. The SMILES string of the molecule is CCCCCCCCCCCC(=O)OO.CCC[CH2][Sn][CH2]CCC. The van der Waals surface area contributed by atoms with Crippen LogP contribution in [0.25, 0.3) is 0 Å². The second-order valence-corrected chi connectivity index (χ2v) is 10.8. The first-order chi connectivity index (χ1) is 11.7. The van der Waals surface area contributed by atoms with Crippen molar-refractivity contribution < 1.29 is 14.9 Å². The Bertz CT molecular complexity index is 229. The molecule has 0 aliphatic carbocycles. The third-order valence-corrected chi connectivity index (χ3v) is 8.04. The minimum atomic E-state index is -0.516. The average Bonchev–Trinajstić information content (AvgIpc) is 2.60. The third kappa shape index (κ3) is 27.1. The summed E-state index contributed by atoms with van der Waals surface area (Å²) in [6, 6.07) is 0. The van der Waals surface area contributed by atoms with Gasteiger partial charge in [0.1, 0.15) is 0 Å². The summed E-state index contributed by atoms with van der Waals surface area (Å²) in [7, 11) is 0. The van der Waals surface area contributed by atoms with Crippen molar-refractivity contribution in [3.8, 4) is 0 Å². The van der Waals surface area contributed by atoms with Gasteiger partial charge < -0.3 is 4.89 Å². The van der Waals surface area contributed by atoms with Gasteiger partial charge in [-0.25, -0.2) is 4.79 Å². The molecule has 0 heterocycles. The van der Waals surface area contributed by atoms with Gasteiger partial charge in [-0.15, -0.1) is 0 Å². The van der Waals surface area contributed by atoms with Crippen LogP contribution in [0.2, 0.25) is 8.87 Å². The molecule has 0 spiro atoms. The van der Waals surface area contributed by atoms with Gasteiger partial charge in [-0.3, -0.25) is 0 Å². The van der Waals surface area contributed by atoms with Crippen LogP contribution in [0, 0.1) is 0 Å². The summed E-state index contributed by atoms with van der Waals surface area (Å²) >= 11 is 0.149. The van der Waals surface area contributed by atoms with Gasteiger partial charge in [-0.2, -0.15) is 5.26 Å². The Labute approximate surface area is 161 Å². The van der Waals surface area contributed by atoms with Gasteiger partial charge in [0.05, 0.1) is 0 Å². The fraction of sp³-hybridized carbons (Fsp3) is 0.950. The van der Waals surface area contributed by atoms with Crippen LogP contribution in [-0.2, 0) is 9.68 Å². The molecular formula is C20H42O3Sn. The first-order valence-corrected chi connectivity index (χ1v) is 14.3. The minimum absolute atomic E-state index is 0.149. The topological polar surface area (TPSA) is 46.5 Å². The summed E-state index contributed by atoms with van der Waals surface area (Å²) < 4.78 is 3.25. The Hall–Kier alpha value is 0.229. The van der Waals surface area contributed by atoms with Crippen LogP contribution in [0.1, 0.15) is 111 Å². The van der Waals surface area contributed by atoms with Gasteiger partial charge in [0.15, 0.2) is 0 Å². The first kappa shape index (κ1) is 26.5. The van der Waals surface area contributed by atoms with Gasteiger partial charge in [-0.05, 0) is 6.42 Å². The number of unbranched alkanes of at least 4 members (excludes halogenated alkanes) is 10. The Morgan fingerprint density at radius 1 is 0.708 bits per heavy atom. The predicted molar refractivity (Wildman–Crippen MR) is 106 cm³/mol. The van der Waals surface area contributed by atoms with Crippen LogP contribution in [0.15, 0.2) is 0 Å². The van der Waals surface area contributed by atoms with Crippen molar-refractivity contribution in [2.45, 2.75) is 120 Å². The molecule has 0 saturated heterocycles. The number of carbonyl (C=O) groups excluding carboxylic acids is 1. The second-order valence-electron chi connectivity index (χ2n) is 6.50. The maximum absolute atomic E-state index is 10.5. The number of hydrogen-bond donors (Lipinski definition) is 1. The van der Waals surface area contributed by atoms with E-state index in [4.69, 9.17) is 5.26 Å². The first-order valence-electron chi connectivity index (χ1n) is 10.3. The maximum atomic E-state index is 10.5. The molecule has 0 bridgehead atoms. The standard InChI is InChI=1S/C12H24O3.2C4H9.Sn/c1-2-3-4-5-6-7-8-9-10-11-12(13)15-14;2*1-3-4-2;/h14H,2-11H2,1H3;2*1,3-4H2,2H3;. The summed E-state index contributed by atoms with van der Waals surface area (Å²) in [4.78, 5) is 14.1. The fourth-order valence-electron chi connectivity index (χ4n) is 2.35. The van der Waals surface area contributed by atoms with Gasteiger partial charge in [-0.1, -0.05) is 58.3 Å². The number of rotatable bonds is 16. The van der Waals surface area contributed by atoms with Gasteiger partial charge in [0.2, 0.25) is 0 Å². The zero-order valence-corrected chi connectivity index (χ0v) is 19.4. The molecule has 0 aliphatic heterocycles. The zero-order chi connectivity index (χ0) is 18.3. The van der Waals surface area contributed by atoms with Crippen molar-refractivity contribution in [1.29, 1.82) is 0 Å². The van der Waals surface area contributed by atoms with E-state index < -0.39 is 5.97 Å². The molecule has 0 saturated carbocycles. The Morgan fingerprint density at radius 2 is 1.12 bits per heavy atom. The molecule has 24 heavy (non-hydrogen) atoms. The second kappa shape index (κ2) is 25.5. The Kier molecular flexibility index (Phi) is 28.1. The third-order valence-electron chi connectivity index (χ3n) is 4.00. The van der Waals surface area contributed by atoms with E-state index in [9.17, 15) is 4.79 Å². The van der Waals surface area contributed by atoms with Crippen LogP contribution >= 0.6 is 0 Å². The molecule has 2 radical (unpaired) electrons. The molecule has 0 aromatic heterocycles. The van der Waals surface area contributed by atoms with Crippen molar-refractivity contribution in [3.05, 3.63) is 0 Å². The van der Waals surface area contributed by atoms with Crippen LogP contribution in [0.5, 0.6) is 0 Å². The van der Waals surface area contributed by atoms with Crippen molar-refractivity contribution in [3.63, 3.8) is 0 Å². The van der Waals surface area contributed by atoms with Crippen LogP contribution in [0.4, 0.5) is 0 Å². The molecule has 0 aromatic carbocycles. The predicted octanol–water partition coefficient (Wildman–Crippen LogP) is 7.05. The van der Waals surface area contributed by atoms with Crippen molar-refractivity contribution >= 4 is 27.1 Å². The Balaban J connectivity index is 0. The van der Waals surface area contributed by atoms with Crippen LogP contribution < -0.4 is 0 Å². The van der Waals surface area contributed by atoms with E-state index >= 15 is 0 Å². The van der Waals surface area contributed by atoms with Gasteiger partial charge >= 0.3 is 75.5 Å². The fourth-order valence-corrected chi connectivity index (χ4v) is 6.51. The van der Waals surface area contributed by atoms with E-state index in [0.29, 0.717) is 6.42 Å². The quantitative estimate of drug-likeness (QED) is 0.119. The van der Waals surface area contributed by atoms with Crippen LogP contribution in [0.3, 0.4) is 0 Å². The summed E-state index contributed by atoms with van der Waals surface area (Å²) in [6.07, 6.45) is 17.2. The monoisotopic (exact) mass is 450 g/mol. The molecule has 1 N–H and O–H groups in total. The molecule has 0 amide bonds. The van der Waals surface area contributed by atoms with E-state index in [1.54, 1.807) is 8.87 Å². The molecule has 0 aromatic rings. The van der Waals surface area contributed by atoms with Gasteiger partial charge in [0.25, 0.3) is 0 Å². The summed E-state index contributed by atoms with van der Waals surface area (Å²) in [5.41, 5.74) is 0. The molecular weight excluding hydrogens is 407 g/mol. The van der Waals surface area contributed by atoms with E-state index in [-0.39, 0.29) is 21.1 Å². The molecule has 0 rings (SSSR count). The average molecular weight is 449 g/mol. The normalized spacial score (nSPS) is 10.2. The van der Waals surface area contributed by atoms with Crippen molar-refractivity contribution in [2.75, 3.05) is 0 Å². The molecule has 144 valence electrons. The molecule has 4 heteroatoms. The molecule has 0 fully saturated rings. The van der Waals surface area contributed by atoms with E-state index in [1.807, 2.05) is 0 Å². The zero-order valence-electron chi connectivity index (χ0n) is 16.6. The van der Waals surface area contributed by atoms with Crippen molar-refractivity contribution in [1.82, 2.24) is 0 Å². The number of hydrogen-bond acceptors (Lipinski definition) is 3. The molecule has 0 unspecified atom stereocenters. The Morgan fingerprint density at radius 3 is 1.54 bits per heavy atom. The van der Waals surface area contributed by atoms with E-state index in [0.717, 1.165) is 12.8 Å². The van der Waals surface area contributed by atoms with Crippen molar-refractivity contribution in [2.24, 2.45) is 0 Å². The summed E-state index contributed by atoms with van der Waals surface area (Å²) in [6.45, 7) is 6.80. The molecule has 0 atom stereocenters. The molecule has 0 aliphatic rings. The van der Waals surface area contributed by atoms with Crippen LogP contribution in [-0.4, -0.2) is 32.4 Å². The summed E-state index contributed by atoms with van der Waals surface area (Å²) in [5, 5.41) is 8.01. The van der Waals surface area contributed by atoms with Gasteiger partial charge in [0, 0.05) is 6.42 Å². The summed E-state index contributed by atoms with van der Waals surface area (Å²) in [5.74, 6) is -0.516. The molecule has 3 nitrogen and oxygen atoms in total.